The molecule has 0 unspecified atom stereocenters. The third-order valence-electron chi connectivity index (χ3n) is 5.09. The van der Waals surface area contributed by atoms with Crippen LogP contribution in [0.15, 0.2) is 85.2 Å². The van der Waals surface area contributed by atoms with Crippen molar-refractivity contribution in [2.24, 2.45) is 0 Å². The standard InChI is InChI=1S/C25H22N4O5/c1-33-21-8-10-22(11-9-21)34-24-12-7-20(29(31)32)15-23(24)25(30)26-16-18-3-5-19(6-4-18)17-28-14-2-13-27-28/h2-15H,16-17H2,1H3,(H,26,30). The number of hydrogen-bond acceptors (Lipinski definition) is 6. The highest BCUT2D eigenvalue weighted by Gasteiger charge is 2.18. The van der Waals surface area contributed by atoms with Gasteiger partial charge in [-0.3, -0.25) is 19.6 Å². The normalized spacial score (nSPS) is 10.5. The first-order valence-corrected chi connectivity index (χ1v) is 10.5. The predicted octanol–water partition coefficient (Wildman–Crippen LogP) is 4.57. The molecule has 0 fully saturated rings. The van der Waals surface area contributed by atoms with Crippen molar-refractivity contribution in [2.75, 3.05) is 7.11 Å². The Balaban J connectivity index is 1.47. The van der Waals surface area contributed by atoms with Crippen molar-refractivity contribution in [2.45, 2.75) is 13.1 Å². The number of nitro groups is 1. The Kier molecular flexibility index (Phi) is 6.83. The van der Waals surface area contributed by atoms with Gasteiger partial charge in [-0.2, -0.15) is 5.10 Å². The molecule has 1 aromatic heterocycles. The topological polar surface area (TPSA) is 109 Å². The lowest BCUT2D eigenvalue weighted by molar-refractivity contribution is -0.384. The Hall–Kier alpha value is -4.66. The number of hydrogen-bond donors (Lipinski definition) is 1. The molecule has 0 spiro atoms. The van der Waals surface area contributed by atoms with Gasteiger partial charge in [-0.15, -0.1) is 0 Å². The summed E-state index contributed by atoms with van der Waals surface area (Å²) in [4.78, 5) is 23.6. The SMILES string of the molecule is COc1ccc(Oc2ccc([N+](=O)[O-])cc2C(=O)NCc2ccc(Cn3cccn3)cc2)cc1. The van der Waals surface area contributed by atoms with Gasteiger partial charge in [-0.25, -0.2) is 0 Å². The van der Waals surface area contributed by atoms with Crippen molar-refractivity contribution in [3.63, 3.8) is 0 Å². The molecule has 0 bridgehead atoms. The number of aromatic nitrogens is 2. The van der Waals surface area contributed by atoms with Crippen molar-refractivity contribution >= 4 is 11.6 Å². The zero-order chi connectivity index (χ0) is 23.9. The molecule has 0 atom stereocenters. The molecular formula is C25H22N4O5. The van der Waals surface area contributed by atoms with Crippen LogP contribution >= 0.6 is 0 Å². The van der Waals surface area contributed by atoms with E-state index in [2.05, 4.69) is 10.4 Å². The molecule has 0 radical (unpaired) electrons. The summed E-state index contributed by atoms with van der Waals surface area (Å²) in [7, 11) is 1.56. The number of ether oxygens (including phenoxy) is 2. The molecular weight excluding hydrogens is 436 g/mol. The molecule has 0 aliphatic carbocycles. The fraction of sp³-hybridized carbons (Fsp3) is 0.120. The van der Waals surface area contributed by atoms with Gasteiger partial charge < -0.3 is 14.8 Å². The highest BCUT2D eigenvalue weighted by molar-refractivity contribution is 5.97. The lowest BCUT2D eigenvalue weighted by Crippen LogP contribution is -2.23. The molecule has 172 valence electrons. The quantitative estimate of drug-likeness (QED) is 0.291. The zero-order valence-corrected chi connectivity index (χ0v) is 18.4. The van der Waals surface area contributed by atoms with E-state index in [1.54, 1.807) is 37.6 Å². The number of nitrogens with zero attached hydrogens (tertiary/aromatic N) is 3. The minimum Gasteiger partial charge on any atom is -0.497 e. The number of carbonyl (C=O) groups is 1. The predicted molar refractivity (Wildman–Crippen MR) is 125 cm³/mol. The number of carbonyl (C=O) groups excluding carboxylic acids is 1. The second-order valence-corrected chi connectivity index (χ2v) is 7.42. The first kappa shape index (κ1) is 22.5. The molecule has 4 aromatic rings. The summed E-state index contributed by atoms with van der Waals surface area (Å²) < 4.78 is 12.8. The Morgan fingerprint density at radius 1 is 1.03 bits per heavy atom. The van der Waals surface area contributed by atoms with E-state index in [9.17, 15) is 14.9 Å². The number of amides is 1. The molecule has 3 aromatic carbocycles. The van der Waals surface area contributed by atoms with Gasteiger partial charge in [0.1, 0.15) is 17.2 Å². The van der Waals surface area contributed by atoms with Gasteiger partial charge in [0, 0.05) is 31.1 Å². The summed E-state index contributed by atoms with van der Waals surface area (Å²) in [5.74, 6) is 0.858. The Labute approximate surface area is 195 Å². The number of methoxy groups -OCH3 is 1. The average molecular weight is 458 g/mol. The zero-order valence-electron chi connectivity index (χ0n) is 18.4. The molecule has 0 saturated heterocycles. The number of rotatable bonds is 9. The minimum atomic E-state index is -0.549. The molecule has 9 heteroatoms. The maximum absolute atomic E-state index is 12.9. The van der Waals surface area contributed by atoms with E-state index in [1.165, 1.54) is 18.2 Å². The van der Waals surface area contributed by atoms with Crippen LogP contribution in [0.5, 0.6) is 17.2 Å². The first-order valence-electron chi connectivity index (χ1n) is 10.5. The van der Waals surface area contributed by atoms with Crippen LogP contribution in [0.2, 0.25) is 0 Å². The molecule has 0 aliphatic heterocycles. The van der Waals surface area contributed by atoms with E-state index in [0.717, 1.165) is 11.1 Å². The third-order valence-corrected chi connectivity index (χ3v) is 5.09. The summed E-state index contributed by atoms with van der Waals surface area (Å²) in [6.07, 6.45) is 3.61. The maximum Gasteiger partial charge on any atom is 0.270 e. The summed E-state index contributed by atoms with van der Waals surface area (Å²) >= 11 is 0. The number of non-ortho nitro benzene ring substituents is 1. The van der Waals surface area contributed by atoms with Crippen LogP contribution in [0, 0.1) is 10.1 Å². The molecule has 9 nitrogen and oxygen atoms in total. The van der Waals surface area contributed by atoms with Crippen LogP contribution in [0.25, 0.3) is 0 Å². The Bertz CT molecular complexity index is 1270. The van der Waals surface area contributed by atoms with Crippen LogP contribution < -0.4 is 14.8 Å². The van der Waals surface area contributed by atoms with Crippen molar-refractivity contribution in [1.29, 1.82) is 0 Å². The fourth-order valence-electron chi connectivity index (χ4n) is 3.29. The molecule has 1 N–H and O–H groups in total. The average Bonchev–Trinajstić information content (AvgIpc) is 3.37. The van der Waals surface area contributed by atoms with Crippen molar-refractivity contribution < 1.29 is 19.2 Å². The van der Waals surface area contributed by atoms with Crippen molar-refractivity contribution in [3.8, 4) is 17.2 Å². The van der Waals surface area contributed by atoms with E-state index in [4.69, 9.17) is 9.47 Å². The molecule has 0 aliphatic rings. The summed E-state index contributed by atoms with van der Waals surface area (Å²) in [5.41, 5.74) is 1.84. The molecule has 4 rings (SSSR count). The van der Waals surface area contributed by atoms with Crippen LogP contribution in [-0.2, 0) is 13.1 Å². The summed E-state index contributed by atoms with van der Waals surface area (Å²) in [6.45, 7) is 0.908. The highest BCUT2D eigenvalue weighted by Crippen LogP contribution is 2.30. The van der Waals surface area contributed by atoms with Gasteiger partial charge in [-0.05, 0) is 47.5 Å². The van der Waals surface area contributed by atoms with Crippen LogP contribution in [0.1, 0.15) is 21.5 Å². The van der Waals surface area contributed by atoms with Crippen LogP contribution in [0.3, 0.4) is 0 Å². The molecule has 1 amide bonds. The van der Waals surface area contributed by atoms with E-state index in [-0.39, 0.29) is 23.5 Å². The number of nitrogens with one attached hydrogen (secondary N) is 1. The van der Waals surface area contributed by atoms with Crippen LogP contribution in [-0.4, -0.2) is 27.7 Å². The smallest absolute Gasteiger partial charge is 0.270 e. The Morgan fingerprint density at radius 3 is 2.38 bits per heavy atom. The van der Waals surface area contributed by atoms with Crippen molar-refractivity contribution in [3.05, 3.63) is 112 Å². The highest BCUT2D eigenvalue weighted by atomic mass is 16.6. The fourth-order valence-corrected chi connectivity index (χ4v) is 3.29. The number of benzene rings is 3. The first-order chi connectivity index (χ1) is 16.5. The molecule has 0 saturated carbocycles. The van der Waals surface area contributed by atoms with Gasteiger partial charge in [-0.1, -0.05) is 24.3 Å². The lowest BCUT2D eigenvalue weighted by atomic mass is 10.1. The van der Waals surface area contributed by atoms with Gasteiger partial charge in [0.2, 0.25) is 0 Å². The van der Waals surface area contributed by atoms with E-state index in [1.807, 2.05) is 41.2 Å². The van der Waals surface area contributed by atoms with E-state index in [0.29, 0.717) is 18.0 Å². The van der Waals surface area contributed by atoms with E-state index < -0.39 is 10.8 Å². The van der Waals surface area contributed by atoms with Gasteiger partial charge >= 0.3 is 0 Å². The monoisotopic (exact) mass is 458 g/mol. The summed E-state index contributed by atoms with van der Waals surface area (Å²) in [5, 5.41) is 18.3. The second-order valence-electron chi connectivity index (χ2n) is 7.42. The third kappa shape index (κ3) is 5.57. The lowest BCUT2D eigenvalue weighted by Gasteiger charge is -2.12. The molecule has 34 heavy (non-hydrogen) atoms. The van der Waals surface area contributed by atoms with Gasteiger partial charge in [0.15, 0.2) is 0 Å². The molecule has 1 heterocycles. The largest absolute Gasteiger partial charge is 0.497 e. The summed E-state index contributed by atoms with van der Waals surface area (Å²) in [6, 6.07) is 20.4. The maximum atomic E-state index is 12.9. The van der Waals surface area contributed by atoms with E-state index >= 15 is 0 Å². The minimum absolute atomic E-state index is 0.0697. The number of nitro benzene ring substituents is 1. The van der Waals surface area contributed by atoms with Crippen LogP contribution in [0.4, 0.5) is 5.69 Å². The Morgan fingerprint density at radius 2 is 1.74 bits per heavy atom. The van der Waals surface area contributed by atoms with Gasteiger partial charge in [0.25, 0.3) is 11.6 Å². The second kappa shape index (κ2) is 10.3. The van der Waals surface area contributed by atoms with Gasteiger partial charge in [0.05, 0.1) is 24.1 Å². The van der Waals surface area contributed by atoms with Crippen molar-refractivity contribution in [1.82, 2.24) is 15.1 Å².